The van der Waals surface area contributed by atoms with Gasteiger partial charge in [-0.15, -0.1) is 0 Å². The Hall–Kier alpha value is -1.30. The molecule has 3 nitrogen and oxygen atoms in total. The van der Waals surface area contributed by atoms with Crippen LogP contribution in [0.3, 0.4) is 0 Å². The van der Waals surface area contributed by atoms with Gasteiger partial charge in [-0.05, 0) is 47.9 Å². The molecule has 0 aliphatic heterocycles. The standard InChI is InChI=1S/C13H13BrFN3/c14-11-5-9(6-12(15)8-11)7-13(18-16)10-1-3-17-4-2-10/h1-6,8,13,18H,7,16H2. The van der Waals surface area contributed by atoms with E-state index in [2.05, 4.69) is 26.3 Å². The first-order chi connectivity index (χ1) is 8.69. The average Bonchev–Trinajstić information content (AvgIpc) is 2.36. The molecule has 0 saturated carbocycles. The topological polar surface area (TPSA) is 50.9 Å². The Morgan fingerprint density at radius 2 is 2.00 bits per heavy atom. The second-order valence-electron chi connectivity index (χ2n) is 3.98. The Balaban J connectivity index is 2.20. The van der Waals surface area contributed by atoms with E-state index in [9.17, 15) is 4.39 Å². The third kappa shape index (κ3) is 3.35. The zero-order valence-electron chi connectivity index (χ0n) is 9.61. The number of benzene rings is 1. The zero-order chi connectivity index (χ0) is 13.0. The summed E-state index contributed by atoms with van der Waals surface area (Å²) in [6.45, 7) is 0. The lowest BCUT2D eigenvalue weighted by Gasteiger charge is -2.16. The van der Waals surface area contributed by atoms with E-state index >= 15 is 0 Å². The molecule has 2 rings (SSSR count). The van der Waals surface area contributed by atoms with E-state index in [4.69, 9.17) is 5.84 Å². The van der Waals surface area contributed by atoms with Crippen molar-refractivity contribution in [2.75, 3.05) is 0 Å². The summed E-state index contributed by atoms with van der Waals surface area (Å²) < 4.78 is 14.0. The second kappa shape index (κ2) is 6.04. The minimum atomic E-state index is -0.259. The fraction of sp³-hybridized carbons (Fsp3) is 0.154. The van der Waals surface area contributed by atoms with Crippen LogP contribution in [-0.4, -0.2) is 4.98 Å². The molecule has 0 saturated heterocycles. The normalized spacial score (nSPS) is 12.4. The number of nitrogens with one attached hydrogen (secondary N) is 1. The van der Waals surface area contributed by atoms with Gasteiger partial charge in [0, 0.05) is 16.9 Å². The molecule has 0 bridgehead atoms. The minimum Gasteiger partial charge on any atom is -0.271 e. The Morgan fingerprint density at radius 3 is 2.61 bits per heavy atom. The van der Waals surface area contributed by atoms with Crippen molar-refractivity contribution in [3.63, 3.8) is 0 Å². The van der Waals surface area contributed by atoms with Gasteiger partial charge in [0.2, 0.25) is 0 Å². The maximum absolute atomic E-state index is 13.3. The van der Waals surface area contributed by atoms with E-state index in [1.807, 2.05) is 18.2 Å². The molecule has 0 aliphatic carbocycles. The molecule has 1 atom stereocenters. The van der Waals surface area contributed by atoms with Gasteiger partial charge in [-0.2, -0.15) is 0 Å². The average molecular weight is 310 g/mol. The number of nitrogens with two attached hydrogens (primary N) is 1. The van der Waals surface area contributed by atoms with Gasteiger partial charge >= 0.3 is 0 Å². The molecule has 1 heterocycles. The van der Waals surface area contributed by atoms with Crippen LogP contribution in [-0.2, 0) is 6.42 Å². The van der Waals surface area contributed by atoms with Crippen molar-refractivity contribution in [3.05, 3.63) is 64.1 Å². The Bertz CT molecular complexity index is 499. The van der Waals surface area contributed by atoms with Crippen molar-refractivity contribution < 1.29 is 4.39 Å². The maximum Gasteiger partial charge on any atom is 0.124 e. The van der Waals surface area contributed by atoms with Gasteiger partial charge in [0.05, 0.1) is 6.04 Å². The summed E-state index contributed by atoms with van der Waals surface area (Å²) in [5.74, 6) is 5.29. The van der Waals surface area contributed by atoms with E-state index in [-0.39, 0.29) is 11.9 Å². The van der Waals surface area contributed by atoms with Crippen molar-refractivity contribution in [1.82, 2.24) is 10.4 Å². The Labute approximate surface area is 113 Å². The van der Waals surface area contributed by atoms with Crippen LogP contribution in [0.1, 0.15) is 17.2 Å². The number of nitrogens with zero attached hydrogens (tertiary/aromatic N) is 1. The molecule has 94 valence electrons. The van der Waals surface area contributed by atoms with Gasteiger partial charge in [-0.3, -0.25) is 16.3 Å². The number of hydrogen-bond donors (Lipinski definition) is 2. The molecule has 2 aromatic rings. The smallest absolute Gasteiger partial charge is 0.124 e. The summed E-state index contributed by atoms with van der Waals surface area (Å²) in [6.07, 6.45) is 4.03. The lowest BCUT2D eigenvalue weighted by molar-refractivity contribution is 0.548. The number of rotatable bonds is 4. The summed E-state index contributed by atoms with van der Waals surface area (Å²) in [7, 11) is 0. The number of hydrazine groups is 1. The molecule has 3 N–H and O–H groups in total. The van der Waals surface area contributed by atoms with Crippen LogP contribution in [0.2, 0.25) is 0 Å². The highest BCUT2D eigenvalue weighted by atomic mass is 79.9. The Morgan fingerprint density at radius 1 is 1.28 bits per heavy atom. The van der Waals surface area contributed by atoms with E-state index in [0.717, 1.165) is 15.6 Å². The molecule has 0 aliphatic rings. The largest absolute Gasteiger partial charge is 0.271 e. The molecule has 1 aromatic carbocycles. The predicted octanol–water partition coefficient (Wildman–Crippen LogP) is 2.73. The van der Waals surface area contributed by atoms with Gasteiger partial charge < -0.3 is 0 Å². The van der Waals surface area contributed by atoms with Crippen LogP contribution in [0.25, 0.3) is 0 Å². The summed E-state index contributed by atoms with van der Waals surface area (Å²) in [6, 6.07) is 8.53. The van der Waals surface area contributed by atoms with Crippen LogP contribution >= 0.6 is 15.9 Å². The van der Waals surface area contributed by atoms with E-state index in [1.165, 1.54) is 12.1 Å². The SMILES string of the molecule is NNC(Cc1cc(F)cc(Br)c1)c1ccncc1. The first-order valence-electron chi connectivity index (χ1n) is 5.50. The Kier molecular flexibility index (Phi) is 4.41. The van der Waals surface area contributed by atoms with Gasteiger partial charge in [0.15, 0.2) is 0 Å². The van der Waals surface area contributed by atoms with E-state index < -0.39 is 0 Å². The van der Waals surface area contributed by atoms with Crippen LogP contribution in [0.5, 0.6) is 0 Å². The maximum atomic E-state index is 13.3. The highest BCUT2D eigenvalue weighted by Crippen LogP contribution is 2.21. The molecule has 0 spiro atoms. The first-order valence-corrected chi connectivity index (χ1v) is 6.29. The highest BCUT2D eigenvalue weighted by molar-refractivity contribution is 9.10. The first kappa shape index (κ1) is 13.1. The van der Waals surface area contributed by atoms with Crippen LogP contribution in [0.4, 0.5) is 4.39 Å². The summed E-state index contributed by atoms with van der Waals surface area (Å²) in [5, 5.41) is 0. The second-order valence-corrected chi connectivity index (χ2v) is 4.90. The molecular weight excluding hydrogens is 297 g/mol. The summed E-state index contributed by atoms with van der Waals surface area (Å²) in [5.41, 5.74) is 4.64. The fourth-order valence-electron chi connectivity index (χ4n) is 1.83. The number of hydrogen-bond acceptors (Lipinski definition) is 3. The number of halogens is 2. The van der Waals surface area contributed by atoms with Crippen LogP contribution in [0, 0.1) is 5.82 Å². The molecule has 18 heavy (non-hydrogen) atoms. The van der Waals surface area contributed by atoms with Crippen molar-refractivity contribution in [2.24, 2.45) is 5.84 Å². The third-order valence-corrected chi connectivity index (χ3v) is 3.13. The predicted molar refractivity (Wildman–Crippen MR) is 72.1 cm³/mol. The van der Waals surface area contributed by atoms with Crippen molar-refractivity contribution in [2.45, 2.75) is 12.5 Å². The van der Waals surface area contributed by atoms with Gasteiger partial charge in [-0.25, -0.2) is 4.39 Å². The van der Waals surface area contributed by atoms with E-state index in [0.29, 0.717) is 6.42 Å². The van der Waals surface area contributed by atoms with Gasteiger partial charge in [-0.1, -0.05) is 15.9 Å². The molecule has 0 amide bonds. The summed E-state index contributed by atoms with van der Waals surface area (Å²) >= 11 is 3.28. The van der Waals surface area contributed by atoms with Crippen LogP contribution < -0.4 is 11.3 Å². The molecular formula is C13H13BrFN3. The third-order valence-electron chi connectivity index (χ3n) is 2.67. The molecule has 0 radical (unpaired) electrons. The van der Waals surface area contributed by atoms with E-state index in [1.54, 1.807) is 12.4 Å². The molecule has 1 aromatic heterocycles. The highest BCUT2D eigenvalue weighted by Gasteiger charge is 2.11. The monoisotopic (exact) mass is 309 g/mol. The molecule has 5 heteroatoms. The lowest BCUT2D eigenvalue weighted by atomic mass is 10.0. The lowest BCUT2D eigenvalue weighted by Crippen LogP contribution is -2.29. The van der Waals surface area contributed by atoms with Crippen molar-refractivity contribution >= 4 is 15.9 Å². The quantitative estimate of drug-likeness (QED) is 0.674. The number of pyridine rings is 1. The number of aromatic nitrogens is 1. The van der Waals surface area contributed by atoms with Crippen molar-refractivity contribution in [1.29, 1.82) is 0 Å². The minimum absolute atomic E-state index is 0.0679. The van der Waals surface area contributed by atoms with Crippen molar-refractivity contribution in [3.8, 4) is 0 Å². The fourth-order valence-corrected chi connectivity index (χ4v) is 2.35. The van der Waals surface area contributed by atoms with Crippen LogP contribution in [0.15, 0.2) is 47.2 Å². The summed E-state index contributed by atoms with van der Waals surface area (Å²) in [4.78, 5) is 3.96. The molecule has 0 fully saturated rings. The zero-order valence-corrected chi connectivity index (χ0v) is 11.2. The van der Waals surface area contributed by atoms with Gasteiger partial charge in [0.25, 0.3) is 0 Å². The van der Waals surface area contributed by atoms with Gasteiger partial charge in [0.1, 0.15) is 5.82 Å². The molecule has 1 unspecified atom stereocenters.